The van der Waals surface area contributed by atoms with Crippen molar-refractivity contribution in [1.82, 2.24) is 10.6 Å². The van der Waals surface area contributed by atoms with Gasteiger partial charge in [0.2, 0.25) is 5.75 Å². The molecule has 2 rings (SSSR count). The van der Waals surface area contributed by atoms with Crippen LogP contribution < -0.4 is 24.8 Å². The number of ether oxygens (including phenoxy) is 3. The molecule has 29 heavy (non-hydrogen) atoms. The van der Waals surface area contributed by atoms with E-state index < -0.39 is 0 Å². The molecule has 0 saturated heterocycles. The lowest BCUT2D eigenvalue weighted by molar-refractivity contribution is 0.323. The maximum absolute atomic E-state index is 5.41. The molecule has 1 atom stereocenters. The number of methoxy groups -OCH3 is 3. The van der Waals surface area contributed by atoms with Crippen LogP contribution in [-0.4, -0.2) is 40.9 Å². The van der Waals surface area contributed by atoms with Gasteiger partial charge in [-0.05, 0) is 36.1 Å². The van der Waals surface area contributed by atoms with Gasteiger partial charge in [0.15, 0.2) is 17.5 Å². The van der Waals surface area contributed by atoms with E-state index in [0.29, 0.717) is 29.7 Å². The number of halogens is 1. The molecule has 6 nitrogen and oxygen atoms in total. The van der Waals surface area contributed by atoms with Crippen LogP contribution in [0.1, 0.15) is 29.5 Å². The first-order valence-corrected chi connectivity index (χ1v) is 9.32. The van der Waals surface area contributed by atoms with Gasteiger partial charge >= 0.3 is 0 Å². The van der Waals surface area contributed by atoms with Gasteiger partial charge in [0.05, 0.1) is 21.3 Å². The summed E-state index contributed by atoms with van der Waals surface area (Å²) in [4.78, 5) is 4.31. The van der Waals surface area contributed by atoms with E-state index in [1.165, 1.54) is 11.1 Å². The molecule has 0 aromatic heterocycles. The standard InChI is InChI=1S/C22H31N3O3.HI/c1-15-8-7-9-18(10-15)16(2)13-24-22(23-3)25-14-17-11-19(26-4)21(28-6)20(12-17)27-5;/h7-12,16H,13-14H2,1-6H3,(H2,23,24,25);1H. The van der Waals surface area contributed by atoms with Crippen molar-refractivity contribution in [1.29, 1.82) is 0 Å². The summed E-state index contributed by atoms with van der Waals surface area (Å²) in [5.41, 5.74) is 3.59. The van der Waals surface area contributed by atoms with Crippen molar-refractivity contribution in [2.45, 2.75) is 26.3 Å². The average molecular weight is 513 g/mol. The van der Waals surface area contributed by atoms with E-state index in [1.54, 1.807) is 28.4 Å². The Morgan fingerprint density at radius 1 is 1.00 bits per heavy atom. The van der Waals surface area contributed by atoms with E-state index in [2.05, 4.69) is 53.7 Å². The summed E-state index contributed by atoms with van der Waals surface area (Å²) in [5.74, 6) is 2.97. The van der Waals surface area contributed by atoms with E-state index in [-0.39, 0.29) is 24.0 Å². The first-order chi connectivity index (χ1) is 13.5. The summed E-state index contributed by atoms with van der Waals surface area (Å²) in [5, 5.41) is 6.72. The van der Waals surface area contributed by atoms with E-state index >= 15 is 0 Å². The van der Waals surface area contributed by atoms with E-state index in [1.807, 2.05) is 12.1 Å². The molecule has 7 heteroatoms. The normalized spacial score (nSPS) is 11.9. The molecule has 0 fully saturated rings. The number of aliphatic imine (C=N–C) groups is 1. The van der Waals surface area contributed by atoms with Gasteiger partial charge in [0.1, 0.15) is 0 Å². The minimum atomic E-state index is 0. The second kappa shape index (κ2) is 12.4. The predicted molar refractivity (Wildman–Crippen MR) is 129 cm³/mol. The average Bonchev–Trinajstić information content (AvgIpc) is 2.72. The van der Waals surface area contributed by atoms with Crippen molar-refractivity contribution in [3.05, 3.63) is 53.1 Å². The molecule has 0 aliphatic rings. The van der Waals surface area contributed by atoms with Crippen molar-refractivity contribution in [3.63, 3.8) is 0 Å². The van der Waals surface area contributed by atoms with Crippen LogP contribution in [0.5, 0.6) is 17.2 Å². The van der Waals surface area contributed by atoms with Gasteiger partial charge in [0.25, 0.3) is 0 Å². The zero-order valence-corrected chi connectivity index (χ0v) is 20.4. The molecule has 2 aromatic carbocycles. The van der Waals surface area contributed by atoms with Crippen LogP contribution in [0, 0.1) is 6.92 Å². The number of benzene rings is 2. The van der Waals surface area contributed by atoms with Gasteiger partial charge in [-0.15, -0.1) is 24.0 Å². The number of nitrogens with one attached hydrogen (secondary N) is 2. The zero-order valence-electron chi connectivity index (χ0n) is 18.0. The third-order valence-corrected chi connectivity index (χ3v) is 4.59. The molecule has 160 valence electrons. The molecule has 0 amide bonds. The van der Waals surface area contributed by atoms with E-state index in [0.717, 1.165) is 18.1 Å². The molecule has 2 N–H and O–H groups in total. The Morgan fingerprint density at radius 2 is 1.66 bits per heavy atom. The Bertz CT molecular complexity index is 787. The van der Waals surface area contributed by atoms with Gasteiger partial charge in [0, 0.05) is 20.1 Å². The summed E-state index contributed by atoms with van der Waals surface area (Å²) in [6, 6.07) is 12.4. The number of rotatable bonds is 8. The Kier molecular flexibility index (Phi) is 10.6. The summed E-state index contributed by atoms with van der Waals surface area (Å²) in [7, 11) is 6.59. The Labute approximate surface area is 191 Å². The van der Waals surface area contributed by atoms with Crippen molar-refractivity contribution in [2.75, 3.05) is 34.9 Å². The summed E-state index contributed by atoms with van der Waals surface area (Å²) >= 11 is 0. The molecule has 0 heterocycles. The maximum atomic E-state index is 5.41. The molecule has 0 aliphatic heterocycles. The number of guanidine groups is 1. The lowest BCUT2D eigenvalue weighted by Gasteiger charge is -2.18. The summed E-state index contributed by atoms with van der Waals surface area (Å²) in [6.45, 7) is 5.68. The first kappa shape index (κ1) is 24.9. The van der Waals surface area contributed by atoms with Crippen LogP contribution in [0.2, 0.25) is 0 Å². The van der Waals surface area contributed by atoms with Crippen LogP contribution in [-0.2, 0) is 6.54 Å². The fourth-order valence-electron chi connectivity index (χ4n) is 2.99. The van der Waals surface area contributed by atoms with Gasteiger partial charge in [-0.1, -0.05) is 36.8 Å². The van der Waals surface area contributed by atoms with Gasteiger partial charge in [-0.3, -0.25) is 4.99 Å². The summed E-state index contributed by atoms with van der Waals surface area (Å²) < 4.78 is 16.2. The molecule has 0 radical (unpaired) electrons. The van der Waals surface area contributed by atoms with Gasteiger partial charge < -0.3 is 24.8 Å². The number of hydrogen-bond acceptors (Lipinski definition) is 4. The Balaban J connectivity index is 0.00000420. The van der Waals surface area contributed by atoms with Crippen LogP contribution in [0.15, 0.2) is 41.4 Å². The molecular weight excluding hydrogens is 481 g/mol. The Hall–Kier alpha value is -2.16. The second-order valence-electron chi connectivity index (χ2n) is 6.66. The summed E-state index contributed by atoms with van der Waals surface area (Å²) in [6.07, 6.45) is 0. The highest BCUT2D eigenvalue weighted by Gasteiger charge is 2.13. The molecule has 0 bridgehead atoms. The van der Waals surface area contributed by atoms with Gasteiger partial charge in [-0.25, -0.2) is 0 Å². The monoisotopic (exact) mass is 513 g/mol. The SMILES string of the molecule is CN=C(NCc1cc(OC)c(OC)c(OC)c1)NCC(C)c1cccc(C)c1.I. The van der Waals surface area contributed by atoms with Crippen molar-refractivity contribution < 1.29 is 14.2 Å². The topological polar surface area (TPSA) is 64.1 Å². The third-order valence-electron chi connectivity index (χ3n) is 4.59. The first-order valence-electron chi connectivity index (χ1n) is 9.32. The highest BCUT2D eigenvalue weighted by atomic mass is 127. The van der Waals surface area contributed by atoms with Crippen LogP contribution in [0.4, 0.5) is 0 Å². The predicted octanol–water partition coefficient (Wildman–Crippen LogP) is 4.11. The smallest absolute Gasteiger partial charge is 0.203 e. The lowest BCUT2D eigenvalue weighted by atomic mass is 9.99. The molecule has 1 unspecified atom stereocenters. The largest absolute Gasteiger partial charge is 0.493 e. The highest BCUT2D eigenvalue weighted by molar-refractivity contribution is 14.0. The van der Waals surface area contributed by atoms with Gasteiger partial charge in [-0.2, -0.15) is 0 Å². The third kappa shape index (κ3) is 6.99. The molecule has 0 spiro atoms. The highest BCUT2D eigenvalue weighted by Crippen LogP contribution is 2.38. The molecular formula is C22H32IN3O3. The van der Waals surface area contributed by atoms with E-state index in [9.17, 15) is 0 Å². The van der Waals surface area contributed by atoms with Crippen LogP contribution in [0.3, 0.4) is 0 Å². The van der Waals surface area contributed by atoms with Crippen LogP contribution in [0.25, 0.3) is 0 Å². The van der Waals surface area contributed by atoms with E-state index in [4.69, 9.17) is 14.2 Å². The molecule has 0 saturated carbocycles. The fraction of sp³-hybridized carbons (Fsp3) is 0.409. The second-order valence-corrected chi connectivity index (χ2v) is 6.66. The number of aryl methyl sites for hydroxylation is 1. The minimum Gasteiger partial charge on any atom is -0.493 e. The lowest BCUT2D eigenvalue weighted by Crippen LogP contribution is -2.38. The number of nitrogens with zero attached hydrogens (tertiary/aromatic N) is 1. The Morgan fingerprint density at radius 3 is 2.17 bits per heavy atom. The zero-order chi connectivity index (χ0) is 20.5. The molecule has 0 aliphatic carbocycles. The minimum absolute atomic E-state index is 0. The van der Waals surface area contributed by atoms with Crippen molar-refractivity contribution in [2.24, 2.45) is 4.99 Å². The fourth-order valence-corrected chi connectivity index (χ4v) is 2.99. The maximum Gasteiger partial charge on any atom is 0.203 e. The van der Waals surface area contributed by atoms with Crippen molar-refractivity contribution >= 4 is 29.9 Å². The van der Waals surface area contributed by atoms with Crippen LogP contribution >= 0.6 is 24.0 Å². The number of hydrogen-bond donors (Lipinski definition) is 2. The quantitative estimate of drug-likeness (QED) is 0.316. The van der Waals surface area contributed by atoms with Crippen molar-refractivity contribution in [3.8, 4) is 17.2 Å². The molecule has 2 aromatic rings.